The van der Waals surface area contributed by atoms with Crippen LogP contribution in [0.25, 0.3) is 0 Å². The number of allylic oxidation sites excluding steroid dienone is 1. The molecule has 1 aromatic rings. The Labute approximate surface area is 227 Å². The van der Waals surface area contributed by atoms with Gasteiger partial charge in [-0.1, -0.05) is 81.5 Å². The van der Waals surface area contributed by atoms with Gasteiger partial charge in [0.1, 0.15) is 11.2 Å². The Bertz CT molecular complexity index is 968. The van der Waals surface area contributed by atoms with Gasteiger partial charge < -0.3 is 10.2 Å². The third kappa shape index (κ3) is 7.50. The molecular weight excluding hydrogens is 480 g/mol. The molecule has 2 atom stereocenters. The van der Waals surface area contributed by atoms with Gasteiger partial charge in [0, 0.05) is 24.6 Å². The number of hydrazone groups is 1. The summed E-state index contributed by atoms with van der Waals surface area (Å²) < 4.78 is 0. The van der Waals surface area contributed by atoms with Crippen molar-refractivity contribution in [1.82, 2.24) is 15.2 Å². The molecule has 2 fully saturated rings. The first kappa shape index (κ1) is 29.0. The van der Waals surface area contributed by atoms with Crippen molar-refractivity contribution in [2.24, 2.45) is 5.10 Å². The molecule has 202 valence electrons. The fourth-order valence-corrected chi connectivity index (χ4v) is 5.88. The largest absolute Gasteiger partial charge is 0.351 e. The van der Waals surface area contributed by atoms with Crippen LogP contribution in [-0.4, -0.2) is 51.8 Å². The lowest BCUT2D eigenvalue weighted by Gasteiger charge is -2.47. The molecule has 7 heteroatoms. The maximum absolute atomic E-state index is 14.1. The van der Waals surface area contributed by atoms with Crippen LogP contribution in [0, 0.1) is 6.92 Å². The van der Waals surface area contributed by atoms with Gasteiger partial charge in [-0.2, -0.15) is 5.10 Å². The molecule has 2 unspecified atom stereocenters. The topological polar surface area (TPSA) is 65.0 Å². The number of amides is 2. The van der Waals surface area contributed by atoms with Crippen molar-refractivity contribution in [3.63, 3.8) is 0 Å². The summed E-state index contributed by atoms with van der Waals surface area (Å²) in [4.78, 5) is 29.7. The molecule has 1 aliphatic heterocycles. The Morgan fingerprint density at radius 3 is 2.46 bits per heavy atom. The smallest absolute Gasteiger partial charge is 0.272 e. The quantitative estimate of drug-likeness (QED) is 0.294. The van der Waals surface area contributed by atoms with Crippen LogP contribution in [0.4, 0.5) is 0 Å². The van der Waals surface area contributed by atoms with E-state index in [1.165, 1.54) is 19.3 Å². The van der Waals surface area contributed by atoms with Gasteiger partial charge in [-0.25, -0.2) is 0 Å². The summed E-state index contributed by atoms with van der Waals surface area (Å²) in [6.45, 7) is 14.2. The minimum absolute atomic E-state index is 0.111. The first-order valence-corrected chi connectivity index (χ1v) is 14.7. The SMILES string of the molecule is C=CSC(CC)C/C=C1/C(=O)N(Cc2ccc(C)cc2)C(C)(C(=O)NC2CCCCCCC2)CN1N=C. The summed E-state index contributed by atoms with van der Waals surface area (Å²) in [6, 6.07) is 8.30. The second kappa shape index (κ2) is 13.8. The Morgan fingerprint density at radius 1 is 1.22 bits per heavy atom. The molecule has 2 amide bonds. The van der Waals surface area contributed by atoms with E-state index >= 15 is 0 Å². The van der Waals surface area contributed by atoms with Gasteiger partial charge in [-0.15, -0.1) is 11.8 Å². The van der Waals surface area contributed by atoms with E-state index in [2.05, 4.69) is 30.6 Å². The summed E-state index contributed by atoms with van der Waals surface area (Å²) >= 11 is 1.67. The van der Waals surface area contributed by atoms with Crippen LogP contribution < -0.4 is 5.32 Å². The molecule has 1 heterocycles. The highest BCUT2D eigenvalue weighted by Crippen LogP contribution is 2.32. The number of carbonyl (C=O) groups excluding carboxylic acids is 2. The first-order chi connectivity index (χ1) is 17.8. The number of hydrogen-bond acceptors (Lipinski definition) is 5. The highest BCUT2D eigenvalue weighted by Gasteiger charge is 2.50. The van der Waals surface area contributed by atoms with Crippen molar-refractivity contribution < 1.29 is 9.59 Å². The van der Waals surface area contributed by atoms with Gasteiger partial charge >= 0.3 is 0 Å². The third-order valence-corrected chi connectivity index (χ3v) is 8.78. The number of piperazine rings is 1. The van der Waals surface area contributed by atoms with Gasteiger partial charge in [0.2, 0.25) is 5.91 Å². The van der Waals surface area contributed by atoms with Crippen LogP contribution in [0.5, 0.6) is 0 Å². The van der Waals surface area contributed by atoms with Crippen LogP contribution >= 0.6 is 11.8 Å². The minimum Gasteiger partial charge on any atom is -0.351 e. The predicted molar refractivity (Wildman–Crippen MR) is 155 cm³/mol. The zero-order valence-corrected chi connectivity index (χ0v) is 23.7. The molecular formula is C30H44N4O2S. The van der Waals surface area contributed by atoms with Gasteiger partial charge in [0.05, 0.1) is 6.54 Å². The normalized spacial score (nSPS) is 23.3. The molecule has 37 heavy (non-hydrogen) atoms. The van der Waals surface area contributed by atoms with Crippen LogP contribution in [0.3, 0.4) is 0 Å². The number of thioether (sulfide) groups is 1. The van der Waals surface area contributed by atoms with E-state index < -0.39 is 5.54 Å². The minimum atomic E-state index is -1.08. The Morgan fingerprint density at radius 2 is 1.86 bits per heavy atom. The zero-order valence-electron chi connectivity index (χ0n) is 22.9. The zero-order chi connectivity index (χ0) is 26.8. The summed E-state index contributed by atoms with van der Waals surface area (Å²) in [6.07, 6.45) is 11.6. The standard InChI is InChI=1S/C30H44N4O2S/c1-6-26(37-7-2)19-20-27-28(35)33(21-24-17-15-23(3)16-18-24)30(4,22-34(27)31-5)29(36)32-25-13-11-9-8-10-12-14-25/h7,15-18,20,25-26H,2,5-6,8-14,19,21-22H2,1,3-4H3,(H,32,36)/b27-20-. The number of rotatable bonds is 10. The van der Waals surface area contributed by atoms with Crippen LogP contribution in [0.1, 0.15) is 82.8 Å². The van der Waals surface area contributed by atoms with Crippen molar-refractivity contribution in [3.8, 4) is 0 Å². The van der Waals surface area contributed by atoms with E-state index in [9.17, 15) is 9.59 Å². The molecule has 0 spiro atoms. The van der Waals surface area contributed by atoms with Crippen molar-refractivity contribution in [2.45, 2.75) is 102 Å². The lowest BCUT2D eigenvalue weighted by molar-refractivity contribution is -0.152. The second-order valence-electron chi connectivity index (χ2n) is 10.5. The maximum Gasteiger partial charge on any atom is 0.272 e. The van der Waals surface area contributed by atoms with E-state index in [0.717, 1.165) is 43.2 Å². The summed E-state index contributed by atoms with van der Waals surface area (Å²) in [5.74, 6) is -0.298. The first-order valence-electron chi connectivity index (χ1n) is 13.7. The molecule has 0 bridgehead atoms. The molecule has 1 aromatic carbocycles. The highest BCUT2D eigenvalue weighted by atomic mass is 32.2. The molecule has 1 aliphatic carbocycles. The van der Waals surface area contributed by atoms with Gasteiger partial charge in [0.15, 0.2) is 0 Å². The summed E-state index contributed by atoms with van der Waals surface area (Å²) in [5, 5.41) is 11.3. The fourth-order valence-electron chi connectivity index (χ4n) is 5.21. The number of nitrogens with zero attached hydrogens (tertiary/aromatic N) is 3. The molecule has 2 aliphatic rings. The fraction of sp³-hybridized carbons (Fsp3) is 0.567. The van der Waals surface area contributed by atoms with Crippen molar-refractivity contribution in [1.29, 1.82) is 0 Å². The number of benzene rings is 1. The monoisotopic (exact) mass is 524 g/mol. The maximum atomic E-state index is 14.1. The van der Waals surface area contributed by atoms with Crippen LogP contribution in [0.15, 0.2) is 53.1 Å². The number of hydrogen-bond donors (Lipinski definition) is 1. The predicted octanol–water partition coefficient (Wildman–Crippen LogP) is 6.17. The Balaban J connectivity index is 1.92. The van der Waals surface area contributed by atoms with Gasteiger partial charge in [-0.3, -0.25) is 14.6 Å². The van der Waals surface area contributed by atoms with E-state index in [1.54, 1.807) is 21.7 Å². The molecule has 6 nitrogen and oxygen atoms in total. The third-order valence-electron chi connectivity index (χ3n) is 7.68. The molecule has 0 radical (unpaired) electrons. The molecule has 3 rings (SSSR count). The van der Waals surface area contributed by atoms with Crippen molar-refractivity contribution >= 4 is 30.3 Å². The summed E-state index contributed by atoms with van der Waals surface area (Å²) in [7, 11) is 0. The van der Waals surface area contributed by atoms with Crippen molar-refractivity contribution in [2.75, 3.05) is 6.54 Å². The van der Waals surface area contributed by atoms with E-state index in [1.807, 2.05) is 49.6 Å². The van der Waals surface area contributed by atoms with E-state index in [0.29, 0.717) is 23.9 Å². The second-order valence-corrected chi connectivity index (χ2v) is 11.8. The highest BCUT2D eigenvalue weighted by molar-refractivity contribution is 8.02. The van der Waals surface area contributed by atoms with Gasteiger partial charge in [0.25, 0.3) is 5.91 Å². The average molecular weight is 525 g/mol. The average Bonchev–Trinajstić information content (AvgIpc) is 2.87. The van der Waals surface area contributed by atoms with E-state index in [-0.39, 0.29) is 24.4 Å². The molecule has 0 aromatic heterocycles. The number of aryl methyl sites for hydroxylation is 1. The lowest BCUT2D eigenvalue weighted by Crippen LogP contribution is -2.68. The molecule has 1 saturated carbocycles. The number of carbonyl (C=O) groups is 2. The van der Waals surface area contributed by atoms with E-state index in [4.69, 9.17) is 0 Å². The Kier molecular flexibility index (Phi) is 10.9. The molecule has 1 saturated heterocycles. The van der Waals surface area contributed by atoms with Crippen LogP contribution in [0.2, 0.25) is 0 Å². The summed E-state index contributed by atoms with van der Waals surface area (Å²) in [5.41, 5.74) is 1.56. The molecule has 1 N–H and O–H groups in total. The number of nitrogens with one attached hydrogen (secondary N) is 1. The van der Waals surface area contributed by atoms with Crippen molar-refractivity contribution in [3.05, 3.63) is 59.2 Å². The lowest BCUT2D eigenvalue weighted by atomic mass is 9.91. The Hall–Kier alpha value is -2.54. The van der Waals surface area contributed by atoms with Gasteiger partial charge in [-0.05, 0) is 50.5 Å². The van der Waals surface area contributed by atoms with Crippen LogP contribution in [-0.2, 0) is 16.1 Å².